The largest absolute Gasteiger partial charge is 0.497 e. The fourth-order valence-corrected chi connectivity index (χ4v) is 6.27. The summed E-state index contributed by atoms with van der Waals surface area (Å²) in [5.74, 6) is -1.49. The number of hydrogen-bond donors (Lipinski definition) is 1. The third-order valence-corrected chi connectivity index (χ3v) is 7.99. The molecular weight excluding hydrogens is 427 g/mol. The Morgan fingerprint density at radius 3 is 2.50 bits per heavy atom. The number of likely N-dealkylation sites (tertiary alicyclic amines) is 1. The van der Waals surface area contributed by atoms with Gasteiger partial charge in [0.2, 0.25) is 0 Å². The number of carboxylic acid groups (broad SMARTS) is 1. The van der Waals surface area contributed by atoms with E-state index in [0.717, 1.165) is 24.3 Å². The van der Waals surface area contributed by atoms with Crippen molar-refractivity contribution in [1.29, 1.82) is 0 Å². The van der Waals surface area contributed by atoms with Crippen molar-refractivity contribution in [3.8, 4) is 5.75 Å². The molecule has 1 aromatic rings. The Hall–Kier alpha value is -1.85. The van der Waals surface area contributed by atoms with E-state index in [2.05, 4.69) is 4.90 Å². The van der Waals surface area contributed by atoms with Crippen molar-refractivity contribution in [2.24, 2.45) is 5.92 Å². The van der Waals surface area contributed by atoms with Crippen molar-refractivity contribution in [2.75, 3.05) is 39.2 Å². The van der Waals surface area contributed by atoms with Gasteiger partial charge in [-0.2, -0.15) is 13.2 Å². The number of rotatable bonds is 6. The molecule has 0 bridgehead atoms. The molecule has 1 unspecified atom stereocenters. The molecule has 170 valence electrons. The highest BCUT2D eigenvalue weighted by molar-refractivity contribution is 7.93. The fourth-order valence-electron chi connectivity index (χ4n) is 3.82. The quantitative estimate of drug-likeness (QED) is 0.707. The third-order valence-electron chi connectivity index (χ3n) is 5.39. The van der Waals surface area contributed by atoms with Gasteiger partial charge in [0.15, 0.2) is 9.84 Å². The van der Waals surface area contributed by atoms with Crippen molar-refractivity contribution in [3.05, 3.63) is 29.8 Å². The molecule has 2 saturated heterocycles. The van der Waals surface area contributed by atoms with Gasteiger partial charge in [-0.15, -0.1) is 0 Å². The van der Waals surface area contributed by atoms with Crippen LogP contribution in [0, 0.1) is 5.92 Å². The molecule has 0 aliphatic carbocycles. The maximum atomic E-state index is 12.5. The van der Waals surface area contributed by atoms with Gasteiger partial charge in [-0.3, -0.25) is 4.90 Å². The Bertz CT molecular complexity index is 837. The van der Waals surface area contributed by atoms with Crippen molar-refractivity contribution in [3.63, 3.8) is 0 Å². The summed E-state index contributed by atoms with van der Waals surface area (Å²) in [7, 11) is -1.36. The monoisotopic (exact) mass is 453 g/mol. The summed E-state index contributed by atoms with van der Waals surface area (Å²) in [4.78, 5) is 11.1. The summed E-state index contributed by atoms with van der Waals surface area (Å²) in [5.41, 5.74) is 1.15. The SMILES string of the molecule is CCOCC1CCS(=O)(=O)C12CN(Cc1cccc(OC)c1)C2.O=C(O)C(F)(F)F. The minimum Gasteiger partial charge on any atom is -0.497 e. The first kappa shape index (κ1) is 24.4. The zero-order valence-corrected chi connectivity index (χ0v) is 17.6. The van der Waals surface area contributed by atoms with Crippen molar-refractivity contribution < 1.29 is 41.0 Å². The molecule has 0 aromatic heterocycles. The molecule has 2 heterocycles. The topological polar surface area (TPSA) is 93.1 Å². The molecule has 2 fully saturated rings. The molecule has 0 radical (unpaired) electrons. The predicted octanol–water partition coefficient (Wildman–Crippen LogP) is 2.35. The minimum atomic E-state index is -5.08. The number of alkyl halides is 3. The van der Waals surface area contributed by atoms with Crippen molar-refractivity contribution in [1.82, 2.24) is 4.90 Å². The number of benzene rings is 1. The molecule has 0 amide bonds. The fraction of sp³-hybridized carbons (Fsp3) is 0.632. The molecule has 30 heavy (non-hydrogen) atoms. The van der Waals surface area contributed by atoms with E-state index in [1.54, 1.807) is 7.11 Å². The minimum absolute atomic E-state index is 0.133. The Kier molecular flexibility index (Phi) is 7.75. The molecule has 7 nitrogen and oxygen atoms in total. The zero-order chi connectivity index (χ0) is 22.6. The number of carbonyl (C=O) groups is 1. The smallest absolute Gasteiger partial charge is 0.490 e. The van der Waals surface area contributed by atoms with Crippen LogP contribution < -0.4 is 4.74 Å². The molecular formula is C19H26F3NO6S. The van der Waals surface area contributed by atoms with Crippen molar-refractivity contribution in [2.45, 2.75) is 30.8 Å². The summed E-state index contributed by atoms with van der Waals surface area (Å²) in [5, 5.41) is 7.12. The van der Waals surface area contributed by atoms with E-state index < -0.39 is 26.7 Å². The highest BCUT2D eigenvalue weighted by Gasteiger charge is 2.61. The summed E-state index contributed by atoms with van der Waals surface area (Å²) >= 11 is 0. The number of sulfone groups is 1. The lowest BCUT2D eigenvalue weighted by atomic mass is 9.83. The molecule has 0 saturated carbocycles. The van der Waals surface area contributed by atoms with Gasteiger partial charge >= 0.3 is 12.1 Å². The van der Waals surface area contributed by atoms with Crippen LogP contribution in [-0.4, -0.2) is 74.5 Å². The van der Waals surface area contributed by atoms with Crippen LogP contribution in [0.25, 0.3) is 0 Å². The first-order chi connectivity index (χ1) is 13.9. The summed E-state index contributed by atoms with van der Waals surface area (Å²) in [6.45, 7) is 5.14. The van der Waals surface area contributed by atoms with Crippen molar-refractivity contribution >= 4 is 15.8 Å². The molecule has 1 aromatic carbocycles. The van der Waals surface area contributed by atoms with E-state index in [1.165, 1.54) is 0 Å². The molecule has 2 aliphatic heterocycles. The Morgan fingerprint density at radius 1 is 1.33 bits per heavy atom. The first-order valence-electron chi connectivity index (χ1n) is 9.40. The van der Waals surface area contributed by atoms with Gasteiger partial charge < -0.3 is 14.6 Å². The number of ether oxygens (including phenoxy) is 2. The maximum absolute atomic E-state index is 12.5. The molecule has 3 rings (SSSR count). The number of hydrogen-bond acceptors (Lipinski definition) is 6. The van der Waals surface area contributed by atoms with E-state index in [-0.39, 0.29) is 5.92 Å². The second-order valence-corrected chi connectivity index (χ2v) is 9.78. The van der Waals surface area contributed by atoms with E-state index >= 15 is 0 Å². The lowest BCUT2D eigenvalue weighted by molar-refractivity contribution is -0.192. The van der Waals surface area contributed by atoms with E-state index in [0.29, 0.717) is 32.1 Å². The number of carboxylic acids is 1. The lowest BCUT2D eigenvalue weighted by Gasteiger charge is -2.50. The van der Waals surface area contributed by atoms with E-state index in [1.807, 2.05) is 31.2 Å². The lowest BCUT2D eigenvalue weighted by Crippen LogP contribution is -2.67. The van der Waals surface area contributed by atoms with Gasteiger partial charge in [-0.05, 0) is 31.0 Å². The van der Waals surface area contributed by atoms with Gasteiger partial charge in [0.25, 0.3) is 0 Å². The number of nitrogens with zero attached hydrogens (tertiary/aromatic N) is 1. The van der Waals surface area contributed by atoms with Crippen LogP contribution >= 0.6 is 0 Å². The van der Waals surface area contributed by atoms with Crippen LogP contribution in [0.15, 0.2) is 24.3 Å². The first-order valence-corrected chi connectivity index (χ1v) is 11.1. The van der Waals surface area contributed by atoms with Crippen LogP contribution in [0.4, 0.5) is 13.2 Å². The second-order valence-electron chi connectivity index (χ2n) is 7.33. The Morgan fingerprint density at radius 2 is 1.97 bits per heavy atom. The van der Waals surface area contributed by atoms with Gasteiger partial charge in [0, 0.05) is 32.2 Å². The van der Waals surface area contributed by atoms with Gasteiger partial charge in [0.1, 0.15) is 10.5 Å². The van der Waals surface area contributed by atoms with Crippen LogP contribution in [-0.2, 0) is 25.9 Å². The summed E-state index contributed by atoms with van der Waals surface area (Å²) < 4.78 is 67.0. The Labute approximate surface area is 173 Å². The Balaban J connectivity index is 0.000000396. The predicted molar refractivity (Wildman–Crippen MR) is 103 cm³/mol. The van der Waals surface area contributed by atoms with Crippen LogP contribution in [0.1, 0.15) is 18.9 Å². The maximum Gasteiger partial charge on any atom is 0.490 e. The van der Waals surface area contributed by atoms with Crippen LogP contribution in [0.5, 0.6) is 5.75 Å². The van der Waals surface area contributed by atoms with Crippen LogP contribution in [0.2, 0.25) is 0 Å². The molecule has 11 heteroatoms. The molecule has 1 spiro atoms. The average Bonchev–Trinajstić information content (AvgIpc) is 2.90. The second kappa shape index (κ2) is 9.52. The molecule has 1 atom stereocenters. The standard InChI is InChI=1S/C17H25NO4S.C2HF3O2/c1-3-22-11-15-7-8-23(19,20)17(15)12-18(13-17)10-14-5-4-6-16(9-14)21-2;3-2(4,5)1(6)7/h4-6,9,15H,3,7-8,10-13H2,1-2H3;(H,6,7). The summed E-state index contributed by atoms with van der Waals surface area (Å²) in [6, 6.07) is 7.94. The summed E-state index contributed by atoms with van der Waals surface area (Å²) in [6.07, 6.45) is -4.35. The number of methoxy groups -OCH3 is 1. The van der Waals surface area contributed by atoms with Gasteiger partial charge in [-0.25, -0.2) is 13.2 Å². The molecule has 2 aliphatic rings. The number of aliphatic carboxylic acids is 1. The third kappa shape index (κ3) is 5.44. The van der Waals surface area contributed by atoms with Gasteiger partial charge in [-0.1, -0.05) is 12.1 Å². The average molecular weight is 453 g/mol. The number of halogens is 3. The van der Waals surface area contributed by atoms with Crippen LogP contribution in [0.3, 0.4) is 0 Å². The zero-order valence-electron chi connectivity index (χ0n) is 16.8. The highest BCUT2D eigenvalue weighted by Crippen LogP contribution is 2.45. The molecule has 1 N–H and O–H groups in total. The van der Waals surface area contributed by atoms with E-state index in [9.17, 15) is 21.6 Å². The normalized spacial score (nSPS) is 22.1. The van der Waals surface area contributed by atoms with Gasteiger partial charge in [0.05, 0.1) is 19.5 Å². The highest BCUT2D eigenvalue weighted by atomic mass is 32.2. The van der Waals surface area contributed by atoms with E-state index in [4.69, 9.17) is 19.4 Å².